The molecule has 0 spiro atoms. The van der Waals surface area contributed by atoms with Crippen LogP contribution in [-0.4, -0.2) is 32.1 Å². The highest BCUT2D eigenvalue weighted by Crippen LogP contribution is 2.40. The summed E-state index contributed by atoms with van der Waals surface area (Å²) in [6, 6.07) is 8.72. The Labute approximate surface area is 208 Å². The van der Waals surface area contributed by atoms with Crippen LogP contribution in [0.3, 0.4) is 0 Å². The minimum atomic E-state index is -4.70. The lowest BCUT2D eigenvalue weighted by atomic mass is 9.86. The Kier molecular flexibility index (Phi) is 7.36. The van der Waals surface area contributed by atoms with E-state index in [1.807, 2.05) is 6.08 Å². The summed E-state index contributed by atoms with van der Waals surface area (Å²) in [5.41, 5.74) is 1.19. The maximum Gasteiger partial charge on any atom is 0.416 e. The third-order valence-corrected chi connectivity index (χ3v) is 8.41. The van der Waals surface area contributed by atoms with Crippen molar-refractivity contribution >= 4 is 27.8 Å². The minimum absolute atomic E-state index is 0.0490. The summed E-state index contributed by atoms with van der Waals surface area (Å²) in [6.45, 7) is 2.00. The quantitative estimate of drug-likeness (QED) is 0.493. The van der Waals surface area contributed by atoms with Crippen molar-refractivity contribution in [3.8, 4) is 5.75 Å². The second kappa shape index (κ2) is 10.2. The van der Waals surface area contributed by atoms with Gasteiger partial charge in [0.1, 0.15) is 11.9 Å². The van der Waals surface area contributed by atoms with E-state index in [1.165, 1.54) is 5.57 Å². The molecular weight excluding hydrogens is 495 g/mol. The van der Waals surface area contributed by atoms with Gasteiger partial charge >= 0.3 is 12.1 Å². The Balaban J connectivity index is 1.74. The molecule has 2 aromatic rings. The largest absolute Gasteiger partial charge is 0.486 e. The van der Waals surface area contributed by atoms with Gasteiger partial charge in [0.05, 0.1) is 22.7 Å². The van der Waals surface area contributed by atoms with Crippen molar-refractivity contribution in [1.29, 1.82) is 0 Å². The Morgan fingerprint density at radius 3 is 2.56 bits per heavy atom. The topological polar surface area (TPSA) is 83.9 Å². The number of fused-ring (bicyclic) bond motifs is 1. The Morgan fingerprint density at radius 1 is 1.17 bits per heavy atom. The van der Waals surface area contributed by atoms with Gasteiger partial charge in [-0.2, -0.15) is 13.2 Å². The van der Waals surface area contributed by atoms with Crippen molar-refractivity contribution < 1.29 is 36.2 Å². The van der Waals surface area contributed by atoms with Gasteiger partial charge < -0.3 is 9.84 Å². The zero-order valence-corrected chi connectivity index (χ0v) is 20.6. The lowest BCUT2D eigenvalue weighted by Gasteiger charge is -2.35. The second-order valence-corrected chi connectivity index (χ2v) is 11.3. The highest BCUT2D eigenvalue weighted by atomic mass is 32.2. The van der Waals surface area contributed by atoms with Crippen LogP contribution in [-0.2, 0) is 21.0 Å². The van der Waals surface area contributed by atoms with E-state index in [9.17, 15) is 26.4 Å². The number of rotatable bonds is 6. The van der Waals surface area contributed by atoms with Crippen molar-refractivity contribution in [3.05, 3.63) is 59.2 Å². The Morgan fingerprint density at radius 2 is 1.89 bits per heavy atom. The highest BCUT2D eigenvalue weighted by Gasteiger charge is 2.37. The number of hydrogen-bond acceptors (Lipinski definition) is 4. The average Bonchev–Trinajstić information content (AvgIpc) is 2.83. The highest BCUT2D eigenvalue weighted by molar-refractivity contribution is 7.92. The smallest absolute Gasteiger partial charge is 0.416 e. The Hall–Kier alpha value is -3.01. The van der Waals surface area contributed by atoms with Gasteiger partial charge in [0, 0.05) is 6.42 Å². The summed E-state index contributed by atoms with van der Waals surface area (Å²) in [4.78, 5) is 10.6. The van der Waals surface area contributed by atoms with E-state index in [0.717, 1.165) is 53.8 Å². The molecule has 2 aliphatic rings. The molecule has 1 fully saturated rings. The van der Waals surface area contributed by atoms with Crippen molar-refractivity contribution in [1.82, 2.24) is 0 Å². The average molecular weight is 524 g/mol. The number of allylic oxidation sites excluding steroid dienone is 1. The number of sulfonamides is 1. The molecule has 194 valence electrons. The van der Waals surface area contributed by atoms with Crippen molar-refractivity contribution in [3.63, 3.8) is 0 Å². The number of carboxylic acid groups (broad SMARTS) is 1. The van der Waals surface area contributed by atoms with Gasteiger partial charge in [0.2, 0.25) is 0 Å². The fourth-order valence-electron chi connectivity index (χ4n) is 4.55. The first-order valence-corrected chi connectivity index (χ1v) is 13.3. The fourth-order valence-corrected chi connectivity index (χ4v) is 6.10. The standard InChI is InChI=1S/C26H28F3NO5S/c1-17-5-7-18(8-6-17)13-19-9-11-24-23(14-19)30(16-21(35-24)10-12-25(31)32)36(33,34)22-4-2-3-20(15-22)26(27,28)29/h2-4,9,11,13-15,17,21H,5-8,10,12,16H2,1H3,(H,31,32)/t17?,21-/m0/s1. The lowest BCUT2D eigenvalue weighted by Crippen LogP contribution is -2.43. The van der Waals surface area contributed by atoms with Crippen LogP contribution in [0.2, 0.25) is 0 Å². The molecule has 0 radical (unpaired) electrons. The van der Waals surface area contributed by atoms with Gasteiger partial charge in [-0.15, -0.1) is 0 Å². The molecule has 0 aromatic heterocycles. The Bertz CT molecular complexity index is 1260. The number of aliphatic carboxylic acids is 1. The number of alkyl halides is 3. The van der Waals surface area contributed by atoms with E-state index >= 15 is 0 Å². The molecule has 1 aliphatic heterocycles. The van der Waals surface area contributed by atoms with Gasteiger partial charge in [-0.05, 0) is 73.9 Å². The van der Waals surface area contributed by atoms with Gasteiger partial charge in [-0.25, -0.2) is 8.42 Å². The van der Waals surface area contributed by atoms with E-state index in [4.69, 9.17) is 9.84 Å². The SMILES string of the molecule is CC1CCC(=Cc2ccc3c(c2)N(S(=O)(=O)c2cccc(C(F)(F)F)c2)C[C@H](CCC(=O)O)O3)CC1. The number of anilines is 1. The number of ether oxygens (including phenoxy) is 1. The molecule has 1 saturated carbocycles. The first-order valence-electron chi connectivity index (χ1n) is 11.9. The van der Waals surface area contributed by atoms with Crippen LogP contribution in [0, 0.1) is 5.92 Å². The van der Waals surface area contributed by atoms with Crippen molar-refractivity contribution in [2.45, 2.75) is 62.6 Å². The van der Waals surface area contributed by atoms with Gasteiger partial charge in [0.15, 0.2) is 0 Å². The monoisotopic (exact) mass is 523 g/mol. The summed E-state index contributed by atoms with van der Waals surface area (Å²) >= 11 is 0. The number of nitrogens with zero attached hydrogens (tertiary/aromatic N) is 1. The molecule has 0 unspecified atom stereocenters. The zero-order chi connectivity index (χ0) is 26.1. The minimum Gasteiger partial charge on any atom is -0.486 e. The normalized spacial score (nSPS) is 20.4. The summed E-state index contributed by atoms with van der Waals surface area (Å²) in [6.07, 6.45) is 0.456. The number of hydrogen-bond donors (Lipinski definition) is 1. The maximum atomic E-state index is 13.6. The van der Waals surface area contributed by atoms with Crippen LogP contribution in [0.1, 0.15) is 56.6 Å². The first-order chi connectivity index (χ1) is 16.9. The summed E-state index contributed by atoms with van der Waals surface area (Å²) in [5, 5.41) is 9.06. The van der Waals surface area contributed by atoms with Crippen molar-refractivity contribution in [2.24, 2.45) is 5.92 Å². The van der Waals surface area contributed by atoms with E-state index in [1.54, 1.807) is 18.2 Å². The van der Waals surface area contributed by atoms with Gasteiger partial charge in [-0.1, -0.05) is 30.7 Å². The van der Waals surface area contributed by atoms with Crippen LogP contribution in [0.4, 0.5) is 18.9 Å². The van der Waals surface area contributed by atoms with Crippen LogP contribution in [0.25, 0.3) is 6.08 Å². The molecule has 1 N–H and O–H groups in total. The molecule has 10 heteroatoms. The lowest BCUT2D eigenvalue weighted by molar-refractivity contribution is -0.138. The predicted molar refractivity (Wildman–Crippen MR) is 129 cm³/mol. The van der Waals surface area contributed by atoms with Crippen LogP contribution in [0.15, 0.2) is 52.9 Å². The van der Waals surface area contributed by atoms with E-state index in [-0.39, 0.29) is 30.8 Å². The molecule has 1 heterocycles. The van der Waals surface area contributed by atoms with Gasteiger partial charge in [0.25, 0.3) is 10.0 Å². The molecule has 6 nitrogen and oxygen atoms in total. The number of halogens is 3. The summed E-state index contributed by atoms with van der Waals surface area (Å²) in [7, 11) is -4.40. The molecule has 1 aliphatic carbocycles. The molecule has 4 rings (SSSR count). The number of benzene rings is 2. The third kappa shape index (κ3) is 5.86. The number of carbonyl (C=O) groups is 1. The van der Waals surface area contributed by atoms with E-state index in [2.05, 4.69) is 6.92 Å². The molecule has 36 heavy (non-hydrogen) atoms. The van der Waals surface area contributed by atoms with E-state index < -0.39 is 38.7 Å². The molecular formula is C26H28F3NO5S. The van der Waals surface area contributed by atoms with Gasteiger partial charge in [-0.3, -0.25) is 9.10 Å². The maximum absolute atomic E-state index is 13.6. The third-order valence-electron chi connectivity index (χ3n) is 6.63. The summed E-state index contributed by atoms with van der Waals surface area (Å²) < 4.78 is 74.0. The summed E-state index contributed by atoms with van der Waals surface area (Å²) in [5.74, 6) is -0.151. The van der Waals surface area contributed by atoms with Crippen molar-refractivity contribution in [2.75, 3.05) is 10.8 Å². The number of carboxylic acids is 1. The van der Waals surface area contributed by atoms with Crippen LogP contribution in [0.5, 0.6) is 5.75 Å². The van der Waals surface area contributed by atoms with E-state index in [0.29, 0.717) is 12.0 Å². The van der Waals surface area contributed by atoms with Crippen LogP contribution >= 0.6 is 0 Å². The molecule has 0 saturated heterocycles. The first kappa shape index (κ1) is 26.1. The fraction of sp³-hybridized carbons (Fsp3) is 0.423. The molecule has 0 amide bonds. The molecule has 1 atom stereocenters. The predicted octanol–water partition coefficient (Wildman–Crippen LogP) is 6.12. The zero-order valence-electron chi connectivity index (χ0n) is 19.8. The molecule has 0 bridgehead atoms. The molecule has 2 aromatic carbocycles. The second-order valence-electron chi connectivity index (χ2n) is 9.45. The van der Waals surface area contributed by atoms with Crippen LogP contribution < -0.4 is 9.04 Å².